The van der Waals surface area contributed by atoms with Crippen LogP contribution in [0.5, 0.6) is 5.75 Å². The van der Waals surface area contributed by atoms with Gasteiger partial charge in [0.05, 0.1) is 24.2 Å². The van der Waals surface area contributed by atoms with Crippen LogP contribution >= 0.6 is 0 Å². The van der Waals surface area contributed by atoms with Gasteiger partial charge in [-0.15, -0.1) is 0 Å². The number of rotatable bonds is 1. The van der Waals surface area contributed by atoms with E-state index in [0.29, 0.717) is 6.42 Å². The summed E-state index contributed by atoms with van der Waals surface area (Å²) >= 11 is 0. The Bertz CT molecular complexity index is 510. The fraction of sp³-hybridized carbons (Fsp3) is 0.562. The average molecular weight is 258 g/mol. The lowest BCUT2D eigenvalue weighted by Gasteiger charge is -2.39. The van der Waals surface area contributed by atoms with E-state index in [9.17, 15) is 0 Å². The van der Waals surface area contributed by atoms with Gasteiger partial charge in [0.15, 0.2) is 0 Å². The van der Waals surface area contributed by atoms with E-state index >= 15 is 0 Å². The van der Waals surface area contributed by atoms with Crippen LogP contribution in [0.25, 0.3) is 0 Å². The first-order chi connectivity index (χ1) is 8.84. The van der Waals surface area contributed by atoms with Crippen LogP contribution < -0.4 is 9.64 Å². The molecule has 102 valence electrons. The molecule has 2 atom stereocenters. The van der Waals surface area contributed by atoms with Gasteiger partial charge in [0.2, 0.25) is 0 Å². The second kappa shape index (κ2) is 4.77. The van der Waals surface area contributed by atoms with E-state index in [2.05, 4.69) is 57.8 Å². The summed E-state index contributed by atoms with van der Waals surface area (Å²) in [5, 5.41) is 8.87. The Hall–Kier alpha value is -1.69. The molecule has 1 aliphatic rings. The molecular weight excluding hydrogens is 236 g/mol. The number of anilines is 1. The van der Waals surface area contributed by atoms with Crippen LogP contribution in [0.15, 0.2) is 18.2 Å². The molecule has 0 aliphatic carbocycles. The van der Waals surface area contributed by atoms with E-state index < -0.39 is 0 Å². The van der Waals surface area contributed by atoms with E-state index in [1.807, 2.05) is 6.07 Å². The van der Waals surface area contributed by atoms with Crippen molar-refractivity contribution in [1.29, 1.82) is 5.26 Å². The minimum Gasteiger partial charge on any atom is -0.485 e. The Morgan fingerprint density at radius 1 is 1.37 bits per heavy atom. The van der Waals surface area contributed by atoms with Crippen LogP contribution in [0.1, 0.15) is 39.7 Å². The third-order valence-corrected chi connectivity index (χ3v) is 3.92. The summed E-state index contributed by atoms with van der Waals surface area (Å²) in [5.41, 5.74) is 2.55. The van der Waals surface area contributed by atoms with Gasteiger partial charge in [-0.05, 0) is 30.0 Å². The number of hydrogen-bond acceptors (Lipinski definition) is 3. The zero-order chi connectivity index (χ0) is 14.2. The highest BCUT2D eigenvalue weighted by Crippen LogP contribution is 2.39. The fourth-order valence-corrected chi connectivity index (χ4v) is 2.39. The fourth-order valence-electron chi connectivity index (χ4n) is 2.39. The van der Waals surface area contributed by atoms with Gasteiger partial charge in [0.25, 0.3) is 0 Å². The number of fused-ring (bicyclic) bond motifs is 1. The molecule has 0 radical (unpaired) electrons. The van der Waals surface area contributed by atoms with Crippen LogP contribution in [0.2, 0.25) is 0 Å². The summed E-state index contributed by atoms with van der Waals surface area (Å²) < 4.78 is 5.96. The van der Waals surface area contributed by atoms with E-state index in [0.717, 1.165) is 11.4 Å². The van der Waals surface area contributed by atoms with Gasteiger partial charge >= 0.3 is 0 Å². The minimum atomic E-state index is -0.0528. The summed E-state index contributed by atoms with van der Waals surface area (Å²) in [6.45, 7) is 8.73. The number of benzene rings is 1. The minimum absolute atomic E-state index is 0.0528. The van der Waals surface area contributed by atoms with Gasteiger partial charge in [-0.3, -0.25) is 0 Å². The van der Waals surface area contributed by atoms with Gasteiger partial charge in [-0.2, -0.15) is 5.26 Å². The molecule has 19 heavy (non-hydrogen) atoms. The molecule has 0 bridgehead atoms. The van der Waals surface area contributed by atoms with Crippen molar-refractivity contribution in [3.05, 3.63) is 23.8 Å². The van der Waals surface area contributed by atoms with Crippen LogP contribution in [-0.2, 0) is 5.41 Å². The van der Waals surface area contributed by atoms with Gasteiger partial charge in [0, 0.05) is 7.05 Å². The molecule has 2 unspecified atom stereocenters. The molecule has 1 aromatic carbocycles. The lowest BCUT2D eigenvalue weighted by molar-refractivity contribution is 0.165. The highest BCUT2D eigenvalue weighted by atomic mass is 16.5. The molecular formula is C16H22N2O. The van der Waals surface area contributed by atoms with Crippen molar-refractivity contribution in [2.45, 2.75) is 51.7 Å². The third kappa shape index (κ3) is 2.53. The predicted molar refractivity (Wildman–Crippen MR) is 77.7 cm³/mol. The van der Waals surface area contributed by atoms with E-state index in [1.165, 1.54) is 5.56 Å². The summed E-state index contributed by atoms with van der Waals surface area (Å²) in [6, 6.07) is 8.76. The van der Waals surface area contributed by atoms with Crippen molar-refractivity contribution in [1.82, 2.24) is 0 Å². The quantitative estimate of drug-likeness (QED) is 0.773. The average Bonchev–Trinajstić information content (AvgIpc) is 2.34. The molecule has 0 saturated heterocycles. The van der Waals surface area contributed by atoms with Gasteiger partial charge in [-0.25, -0.2) is 0 Å². The van der Waals surface area contributed by atoms with Gasteiger partial charge < -0.3 is 9.64 Å². The normalized spacial score (nSPS) is 22.4. The molecule has 1 heterocycles. The van der Waals surface area contributed by atoms with Crippen molar-refractivity contribution in [3.63, 3.8) is 0 Å². The molecule has 1 aromatic rings. The smallest absolute Gasteiger partial charge is 0.143 e. The first-order valence-electron chi connectivity index (χ1n) is 6.75. The molecule has 0 fully saturated rings. The lowest BCUT2D eigenvalue weighted by atomic mass is 9.86. The Balaban J connectivity index is 2.40. The van der Waals surface area contributed by atoms with Crippen LogP contribution in [0, 0.1) is 11.3 Å². The van der Waals surface area contributed by atoms with Gasteiger partial charge in [0.1, 0.15) is 11.9 Å². The molecule has 0 spiro atoms. The zero-order valence-corrected chi connectivity index (χ0v) is 12.4. The Labute approximate surface area is 115 Å². The second-order valence-electron chi connectivity index (χ2n) is 6.30. The summed E-state index contributed by atoms with van der Waals surface area (Å²) in [6.07, 6.45) is 0.370. The maximum absolute atomic E-state index is 8.87. The maximum Gasteiger partial charge on any atom is 0.143 e. The first kappa shape index (κ1) is 13.7. The monoisotopic (exact) mass is 258 g/mol. The highest BCUT2D eigenvalue weighted by molar-refractivity contribution is 5.62. The van der Waals surface area contributed by atoms with Gasteiger partial charge in [-0.1, -0.05) is 26.8 Å². The Morgan fingerprint density at radius 2 is 2.05 bits per heavy atom. The third-order valence-electron chi connectivity index (χ3n) is 3.92. The van der Waals surface area contributed by atoms with Crippen LogP contribution in [0.4, 0.5) is 5.69 Å². The molecule has 2 rings (SSSR count). The highest BCUT2D eigenvalue weighted by Gasteiger charge is 2.31. The number of nitriles is 1. The number of ether oxygens (including phenoxy) is 1. The zero-order valence-electron chi connectivity index (χ0n) is 12.4. The maximum atomic E-state index is 8.87. The Morgan fingerprint density at radius 3 is 2.63 bits per heavy atom. The molecule has 0 saturated carbocycles. The topological polar surface area (TPSA) is 36.3 Å². The van der Waals surface area contributed by atoms with E-state index in [4.69, 9.17) is 10.00 Å². The van der Waals surface area contributed by atoms with Crippen molar-refractivity contribution >= 4 is 5.69 Å². The molecule has 3 nitrogen and oxygen atoms in total. The van der Waals surface area contributed by atoms with Crippen molar-refractivity contribution in [2.75, 3.05) is 11.9 Å². The Kier molecular flexibility index (Phi) is 3.45. The second-order valence-corrected chi connectivity index (χ2v) is 6.30. The molecule has 1 aliphatic heterocycles. The number of hydrogen-bond donors (Lipinski definition) is 0. The van der Waals surface area contributed by atoms with E-state index in [-0.39, 0.29) is 17.6 Å². The molecule has 0 aromatic heterocycles. The first-order valence-corrected chi connectivity index (χ1v) is 6.75. The molecule has 0 N–H and O–H groups in total. The van der Waals surface area contributed by atoms with Crippen LogP contribution in [0.3, 0.4) is 0 Å². The van der Waals surface area contributed by atoms with Crippen molar-refractivity contribution in [2.24, 2.45) is 0 Å². The van der Waals surface area contributed by atoms with Crippen LogP contribution in [-0.4, -0.2) is 19.2 Å². The number of likely N-dealkylation sites (N-methyl/N-ethyl adjacent to an activating group) is 1. The predicted octanol–water partition coefficient (Wildman–Crippen LogP) is 3.48. The summed E-state index contributed by atoms with van der Waals surface area (Å²) in [7, 11) is 2.07. The van der Waals surface area contributed by atoms with Crippen molar-refractivity contribution in [3.8, 4) is 11.8 Å². The van der Waals surface area contributed by atoms with E-state index in [1.54, 1.807) is 0 Å². The summed E-state index contributed by atoms with van der Waals surface area (Å²) in [5.74, 6) is 0.883. The SMILES string of the molecule is CC1C(CC#N)Oc2ccc(C(C)(C)C)cc2N1C. The summed E-state index contributed by atoms with van der Waals surface area (Å²) in [4.78, 5) is 2.22. The standard InChI is InChI=1S/C16H22N2O/c1-11-14(8-9-17)19-15-7-6-12(16(2,3)4)10-13(15)18(11)5/h6-7,10-11,14H,8H2,1-5H3. The van der Waals surface area contributed by atoms with Crippen molar-refractivity contribution < 1.29 is 4.74 Å². The molecule has 0 amide bonds. The number of nitrogens with zero attached hydrogens (tertiary/aromatic N) is 2. The lowest BCUT2D eigenvalue weighted by Crippen LogP contribution is -2.45. The molecule has 3 heteroatoms. The largest absolute Gasteiger partial charge is 0.485 e.